The van der Waals surface area contributed by atoms with E-state index in [1.54, 1.807) is 31.2 Å². The molecule has 2 heterocycles. The summed E-state index contributed by atoms with van der Waals surface area (Å²) in [6.07, 6.45) is 1.42. The summed E-state index contributed by atoms with van der Waals surface area (Å²) in [7, 11) is 0. The zero-order valence-corrected chi connectivity index (χ0v) is 18.0. The Balaban J connectivity index is 1.63. The van der Waals surface area contributed by atoms with Gasteiger partial charge in [0.1, 0.15) is 5.75 Å². The van der Waals surface area contributed by atoms with E-state index in [4.69, 9.17) is 28.2 Å². The molecule has 0 bridgehead atoms. The van der Waals surface area contributed by atoms with Crippen LogP contribution in [0.1, 0.15) is 6.92 Å². The van der Waals surface area contributed by atoms with Gasteiger partial charge in [0.2, 0.25) is 5.91 Å². The SMILES string of the molecule is CC(Sc1nc2ccccc2n1-c1ccc(O)cc1)C(=O)Nc1ncc(Cl)cc1Cl. The van der Waals surface area contributed by atoms with Crippen LogP contribution < -0.4 is 5.32 Å². The number of carbonyl (C=O) groups excluding carboxylic acids is 1. The lowest BCUT2D eigenvalue weighted by atomic mass is 10.2. The van der Waals surface area contributed by atoms with Gasteiger partial charge < -0.3 is 10.4 Å². The summed E-state index contributed by atoms with van der Waals surface area (Å²) in [5.41, 5.74) is 2.54. The first kappa shape index (κ1) is 20.5. The van der Waals surface area contributed by atoms with Gasteiger partial charge in [-0.1, -0.05) is 47.1 Å². The van der Waals surface area contributed by atoms with Crippen molar-refractivity contribution in [3.63, 3.8) is 0 Å². The van der Waals surface area contributed by atoms with Crippen molar-refractivity contribution >= 4 is 57.7 Å². The zero-order valence-electron chi connectivity index (χ0n) is 15.7. The molecule has 9 heteroatoms. The molecule has 2 aromatic heterocycles. The molecule has 2 N–H and O–H groups in total. The lowest BCUT2D eigenvalue weighted by molar-refractivity contribution is -0.115. The third-order valence-electron chi connectivity index (χ3n) is 4.34. The van der Waals surface area contributed by atoms with Crippen LogP contribution in [0.3, 0.4) is 0 Å². The Labute approximate surface area is 186 Å². The van der Waals surface area contributed by atoms with E-state index in [-0.39, 0.29) is 22.5 Å². The first-order valence-electron chi connectivity index (χ1n) is 8.98. The van der Waals surface area contributed by atoms with E-state index in [2.05, 4.69) is 10.3 Å². The van der Waals surface area contributed by atoms with Crippen molar-refractivity contribution in [2.75, 3.05) is 5.32 Å². The molecule has 4 aromatic rings. The van der Waals surface area contributed by atoms with Crippen molar-refractivity contribution in [2.45, 2.75) is 17.3 Å². The number of nitrogens with one attached hydrogen (secondary N) is 1. The number of nitrogens with zero attached hydrogens (tertiary/aromatic N) is 3. The highest BCUT2D eigenvalue weighted by Gasteiger charge is 2.21. The van der Waals surface area contributed by atoms with Crippen LogP contribution >= 0.6 is 35.0 Å². The van der Waals surface area contributed by atoms with Gasteiger partial charge in [0, 0.05) is 11.9 Å². The maximum atomic E-state index is 12.7. The normalized spacial score (nSPS) is 12.1. The van der Waals surface area contributed by atoms with Crippen LogP contribution in [0.25, 0.3) is 16.7 Å². The van der Waals surface area contributed by atoms with E-state index in [1.807, 2.05) is 28.8 Å². The Morgan fingerprint density at radius 3 is 2.63 bits per heavy atom. The van der Waals surface area contributed by atoms with Crippen molar-refractivity contribution in [1.82, 2.24) is 14.5 Å². The molecule has 30 heavy (non-hydrogen) atoms. The molecule has 1 unspecified atom stereocenters. The standard InChI is InChI=1S/C21H16Cl2N4O2S/c1-12(20(29)26-19-16(23)10-13(22)11-24-19)30-21-25-17-4-2-3-5-18(17)27(21)14-6-8-15(28)9-7-14/h2-12,28H,1H3,(H,24,26,29). The van der Waals surface area contributed by atoms with Crippen LogP contribution in [0.4, 0.5) is 5.82 Å². The number of benzene rings is 2. The molecule has 0 aliphatic heterocycles. The van der Waals surface area contributed by atoms with E-state index in [9.17, 15) is 9.90 Å². The number of anilines is 1. The number of fused-ring (bicyclic) bond motifs is 1. The molecule has 6 nitrogen and oxygen atoms in total. The van der Waals surface area contributed by atoms with Crippen molar-refractivity contribution in [3.05, 3.63) is 70.8 Å². The first-order valence-corrected chi connectivity index (χ1v) is 10.6. The van der Waals surface area contributed by atoms with Gasteiger partial charge in [0.05, 0.1) is 26.3 Å². The molecule has 152 valence electrons. The largest absolute Gasteiger partial charge is 0.508 e. The third kappa shape index (κ3) is 4.23. The Hall–Kier alpha value is -2.74. The van der Waals surface area contributed by atoms with Gasteiger partial charge >= 0.3 is 0 Å². The first-order chi connectivity index (χ1) is 14.4. The second-order valence-electron chi connectivity index (χ2n) is 6.47. The molecule has 0 saturated heterocycles. The molecule has 2 aromatic carbocycles. The summed E-state index contributed by atoms with van der Waals surface area (Å²) in [4.78, 5) is 21.5. The molecule has 0 aliphatic rings. The number of aromatic hydroxyl groups is 1. The molecule has 0 radical (unpaired) electrons. The third-order valence-corrected chi connectivity index (χ3v) is 5.89. The van der Waals surface area contributed by atoms with Gasteiger partial charge in [-0.25, -0.2) is 9.97 Å². The Bertz CT molecular complexity index is 1230. The van der Waals surface area contributed by atoms with Gasteiger partial charge in [-0.05, 0) is 49.4 Å². The number of carbonyl (C=O) groups is 1. The van der Waals surface area contributed by atoms with Crippen LogP contribution in [0, 0.1) is 0 Å². The summed E-state index contributed by atoms with van der Waals surface area (Å²) in [6, 6.07) is 16.1. The van der Waals surface area contributed by atoms with Crippen LogP contribution in [0.5, 0.6) is 5.75 Å². The molecule has 0 saturated carbocycles. The zero-order chi connectivity index (χ0) is 21.3. The summed E-state index contributed by atoms with van der Waals surface area (Å²) < 4.78 is 1.96. The number of halogens is 2. The average molecular weight is 459 g/mol. The summed E-state index contributed by atoms with van der Waals surface area (Å²) >= 11 is 13.3. The fourth-order valence-corrected chi connectivity index (χ4v) is 4.24. The van der Waals surface area contributed by atoms with Gasteiger partial charge in [-0.2, -0.15) is 0 Å². The summed E-state index contributed by atoms with van der Waals surface area (Å²) in [5, 5.41) is 13.2. The number of thioether (sulfide) groups is 1. The van der Waals surface area contributed by atoms with E-state index in [0.717, 1.165) is 16.7 Å². The van der Waals surface area contributed by atoms with Gasteiger partial charge in [-0.15, -0.1) is 0 Å². The quantitative estimate of drug-likeness (QED) is 0.383. The minimum atomic E-state index is -0.480. The number of amides is 1. The molecule has 0 fully saturated rings. The van der Waals surface area contributed by atoms with Gasteiger partial charge in [0.25, 0.3) is 0 Å². The lowest BCUT2D eigenvalue weighted by Gasteiger charge is -2.14. The predicted molar refractivity (Wildman–Crippen MR) is 121 cm³/mol. The van der Waals surface area contributed by atoms with E-state index in [1.165, 1.54) is 24.0 Å². The molecule has 4 rings (SSSR count). The predicted octanol–water partition coefficient (Wildman–Crippen LogP) is 5.55. The summed E-state index contributed by atoms with van der Waals surface area (Å²) in [5.74, 6) is 0.170. The smallest absolute Gasteiger partial charge is 0.238 e. The van der Waals surface area contributed by atoms with Crippen molar-refractivity contribution < 1.29 is 9.90 Å². The van der Waals surface area contributed by atoms with Crippen molar-refractivity contribution in [1.29, 1.82) is 0 Å². The number of hydrogen-bond donors (Lipinski definition) is 2. The second-order valence-corrected chi connectivity index (χ2v) is 8.62. The number of imidazole rings is 1. The Kier molecular flexibility index (Phi) is 5.85. The minimum absolute atomic E-state index is 0.178. The highest BCUT2D eigenvalue weighted by Crippen LogP contribution is 2.32. The highest BCUT2D eigenvalue weighted by atomic mass is 35.5. The topological polar surface area (TPSA) is 80.0 Å². The Morgan fingerprint density at radius 1 is 1.17 bits per heavy atom. The minimum Gasteiger partial charge on any atom is -0.508 e. The molecule has 1 amide bonds. The number of aromatic nitrogens is 3. The second kappa shape index (κ2) is 8.55. The highest BCUT2D eigenvalue weighted by molar-refractivity contribution is 8.00. The number of phenols is 1. The molecule has 0 aliphatic carbocycles. The fraction of sp³-hybridized carbons (Fsp3) is 0.0952. The maximum Gasteiger partial charge on any atom is 0.238 e. The van der Waals surface area contributed by atoms with Crippen LogP contribution in [0.15, 0.2) is 66.0 Å². The lowest BCUT2D eigenvalue weighted by Crippen LogP contribution is -2.23. The number of hydrogen-bond acceptors (Lipinski definition) is 5. The molecule has 0 spiro atoms. The molecular weight excluding hydrogens is 443 g/mol. The van der Waals surface area contributed by atoms with E-state index >= 15 is 0 Å². The number of phenolic OH excluding ortho intramolecular Hbond substituents is 1. The number of pyridine rings is 1. The summed E-state index contributed by atoms with van der Waals surface area (Å²) in [6.45, 7) is 1.78. The average Bonchev–Trinajstić information content (AvgIpc) is 3.08. The van der Waals surface area contributed by atoms with Crippen molar-refractivity contribution in [2.24, 2.45) is 0 Å². The van der Waals surface area contributed by atoms with E-state index < -0.39 is 5.25 Å². The monoisotopic (exact) mass is 458 g/mol. The van der Waals surface area contributed by atoms with Gasteiger partial charge in [-0.3, -0.25) is 9.36 Å². The molecule has 1 atom stereocenters. The van der Waals surface area contributed by atoms with E-state index in [0.29, 0.717) is 10.2 Å². The van der Waals surface area contributed by atoms with Crippen LogP contribution in [-0.4, -0.2) is 30.8 Å². The van der Waals surface area contributed by atoms with Gasteiger partial charge in [0.15, 0.2) is 11.0 Å². The molecular formula is C21H16Cl2N4O2S. The number of rotatable bonds is 5. The Morgan fingerprint density at radius 2 is 1.90 bits per heavy atom. The van der Waals surface area contributed by atoms with Crippen molar-refractivity contribution in [3.8, 4) is 11.4 Å². The van der Waals surface area contributed by atoms with Crippen LogP contribution in [0.2, 0.25) is 10.0 Å². The van der Waals surface area contributed by atoms with Crippen LogP contribution in [-0.2, 0) is 4.79 Å². The fourth-order valence-electron chi connectivity index (χ4n) is 2.87. The maximum absolute atomic E-state index is 12.7. The number of para-hydroxylation sites is 2.